The molecule has 0 radical (unpaired) electrons. The Bertz CT molecular complexity index is 711. The van der Waals surface area contributed by atoms with Gasteiger partial charge in [0.2, 0.25) is 0 Å². The first-order valence-corrected chi connectivity index (χ1v) is 7.77. The van der Waals surface area contributed by atoms with Gasteiger partial charge in [0.25, 0.3) is 0 Å². The number of hydrogen-bond donors (Lipinski definition) is 2. The van der Waals surface area contributed by atoms with E-state index in [0.717, 1.165) is 11.4 Å². The van der Waals surface area contributed by atoms with Crippen molar-refractivity contribution in [2.45, 2.75) is 12.3 Å². The largest absolute Gasteiger partial charge is 0.484 e. The molecule has 0 bridgehead atoms. The van der Waals surface area contributed by atoms with E-state index in [-0.39, 0.29) is 5.92 Å². The fraction of sp³-hybridized carbons (Fsp3) is 0.158. The Balaban J connectivity index is 1.99. The number of nitrogens with zero attached hydrogens (tertiary/aromatic N) is 1. The lowest BCUT2D eigenvalue weighted by Crippen LogP contribution is -2.27. The topological polar surface area (TPSA) is 43.7 Å². The molecule has 1 unspecified atom stereocenters. The van der Waals surface area contributed by atoms with Crippen molar-refractivity contribution in [2.75, 3.05) is 11.9 Å². The molecule has 23 heavy (non-hydrogen) atoms. The number of allylic oxidation sites excluding steroid dienone is 4. The van der Waals surface area contributed by atoms with E-state index in [2.05, 4.69) is 29.2 Å². The Morgan fingerprint density at radius 3 is 2.13 bits per heavy atom. The number of rotatable bonds is 4. The maximum absolute atomic E-state index is 9.53. The first-order valence-electron chi connectivity index (χ1n) is 7.77. The van der Waals surface area contributed by atoms with Crippen LogP contribution in [0.2, 0.25) is 0 Å². The normalized spacial score (nSPS) is 17.3. The summed E-state index contributed by atoms with van der Waals surface area (Å²) in [5, 5.41) is 19.1. The minimum atomic E-state index is -1.40. The van der Waals surface area contributed by atoms with Crippen molar-refractivity contribution in [2.24, 2.45) is 0 Å². The van der Waals surface area contributed by atoms with Crippen LogP contribution in [0.15, 0.2) is 84.0 Å². The summed E-state index contributed by atoms with van der Waals surface area (Å²) in [6.45, 7) is 0. The molecule has 4 heteroatoms. The molecule has 0 saturated carbocycles. The van der Waals surface area contributed by atoms with E-state index in [1.165, 1.54) is 5.56 Å². The molecule has 3 rings (SSSR count). The number of para-hydroxylation sites is 1. The average Bonchev–Trinajstić information content (AvgIpc) is 2.62. The number of benzene rings is 2. The summed E-state index contributed by atoms with van der Waals surface area (Å²) in [7, 11) is 0.645. The highest BCUT2D eigenvalue weighted by Crippen LogP contribution is 2.37. The van der Waals surface area contributed by atoms with E-state index in [1.54, 1.807) is 0 Å². The molecule has 0 aliphatic heterocycles. The summed E-state index contributed by atoms with van der Waals surface area (Å²) < 4.78 is 0. The minimum Gasteiger partial charge on any atom is -0.423 e. The van der Waals surface area contributed by atoms with Gasteiger partial charge in [0.15, 0.2) is 0 Å². The summed E-state index contributed by atoms with van der Waals surface area (Å²) >= 11 is 0. The average molecular weight is 305 g/mol. The van der Waals surface area contributed by atoms with Gasteiger partial charge in [-0.2, -0.15) is 0 Å². The Hall–Kier alpha value is -2.30. The Morgan fingerprint density at radius 1 is 0.913 bits per heavy atom. The molecule has 0 saturated heterocycles. The van der Waals surface area contributed by atoms with Crippen LogP contribution in [0.25, 0.3) is 0 Å². The van der Waals surface area contributed by atoms with Crippen LogP contribution in [0.1, 0.15) is 17.9 Å². The summed E-state index contributed by atoms with van der Waals surface area (Å²) in [6, 6.07) is 20.4. The molecule has 1 atom stereocenters. The van der Waals surface area contributed by atoms with Crippen molar-refractivity contribution in [1.29, 1.82) is 0 Å². The van der Waals surface area contributed by atoms with E-state index in [4.69, 9.17) is 0 Å². The van der Waals surface area contributed by atoms with Gasteiger partial charge < -0.3 is 14.9 Å². The molecule has 1 aliphatic rings. The molecule has 0 heterocycles. The summed E-state index contributed by atoms with van der Waals surface area (Å²) in [6.07, 6.45) is 4.41. The zero-order valence-electron chi connectivity index (χ0n) is 13.1. The molecule has 2 N–H and O–H groups in total. The predicted octanol–water partition coefficient (Wildman–Crippen LogP) is 3.13. The molecular weight excluding hydrogens is 285 g/mol. The molecule has 2 aromatic carbocycles. The van der Waals surface area contributed by atoms with E-state index >= 15 is 0 Å². The fourth-order valence-corrected chi connectivity index (χ4v) is 3.03. The van der Waals surface area contributed by atoms with Gasteiger partial charge in [-0.25, -0.2) is 0 Å². The van der Waals surface area contributed by atoms with E-state index in [1.807, 2.05) is 55.6 Å². The Labute approximate surface area is 137 Å². The van der Waals surface area contributed by atoms with Crippen LogP contribution < -0.4 is 4.90 Å². The van der Waals surface area contributed by atoms with Gasteiger partial charge in [-0.15, -0.1) is 0 Å². The van der Waals surface area contributed by atoms with Crippen molar-refractivity contribution < 1.29 is 10.0 Å². The van der Waals surface area contributed by atoms with Crippen LogP contribution in [-0.2, 0) is 0 Å². The van der Waals surface area contributed by atoms with E-state index in [0.29, 0.717) is 11.9 Å². The van der Waals surface area contributed by atoms with Crippen LogP contribution >= 0.6 is 0 Å². The number of likely N-dealkylation sites (N-methyl/N-ethyl adjacent to an activating group) is 1. The molecule has 1 aliphatic carbocycles. The number of anilines is 1. The van der Waals surface area contributed by atoms with Crippen molar-refractivity contribution in [1.82, 2.24) is 0 Å². The second kappa shape index (κ2) is 6.86. The lowest BCUT2D eigenvalue weighted by molar-refractivity contribution is 0.415. The molecule has 116 valence electrons. The first kappa shape index (κ1) is 15.6. The zero-order chi connectivity index (χ0) is 16.2. The molecule has 0 spiro atoms. The van der Waals surface area contributed by atoms with Gasteiger partial charge in [-0.1, -0.05) is 54.6 Å². The second-order valence-electron chi connectivity index (χ2n) is 5.77. The van der Waals surface area contributed by atoms with Crippen molar-refractivity contribution in [3.8, 4) is 0 Å². The van der Waals surface area contributed by atoms with Crippen LogP contribution in [0.4, 0.5) is 5.69 Å². The van der Waals surface area contributed by atoms with Gasteiger partial charge in [-0.3, -0.25) is 0 Å². The summed E-state index contributed by atoms with van der Waals surface area (Å²) in [4.78, 5) is 2.16. The molecular formula is C19H20BNO2. The van der Waals surface area contributed by atoms with Crippen molar-refractivity contribution >= 4 is 12.8 Å². The molecule has 2 aromatic rings. The summed E-state index contributed by atoms with van der Waals surface area (Å²) in [5.74, 6) is 0.100. The molecule has 3 nitrogen and oxygen atoms in total. The van der Waals surface area contributed by atoms with Gasteiger partial charge in [-0.05, 0) is 35.7 Å². The summed E-state index contributed by atoms with van der Waals surface area (Å²) in [5.41, 5.74) is 4.07. The highest BCUT2D eigenvalue weighted by Gasteiger charge is 2.28. The quantitative estimate of drug-likeness (QED) is 0.853. The first-order chi connectivity index (χ1) is 11.2. The maximum Gasteiger partial charge on any atom is 0.484 e. The number of hydrogen-bond acceptors (Lipinski definition) is 3. The zero-order valence-corrected chi connectivity index (χ0v) is 13.1. The third kappa shape index (κ3) is 3.39. The van der Waals surface area contributed by atoms with E-state index in [9.17, 15) is 10.0 Å². The lowest BCUT2D eigenvalue weighted by Gasteiger charge is -2.32. The van der Waals surface area contributed by atoms with Crippen LogP contribution in [0.3, 0.4) is 0 Å². The predicted molar refractivity (Wildman–Crippen MR) is 95.0 cm³/mol. The smallest absolute Gasteiger partial charge is 0.423 e. The van der Waals surface area contributed by atoms with Crippen molar-refractivity contribution in [3.63, 3.8) is 0 Å². The van der Waals surface area contributed by atoms with Crippen LogP contribution in [0.5, 0.6) is 0 Å². The van der Waals surface area contributed by atoms with Gasteiger partial charge in [0.05, 0.1) is 0 Å². The molecule has 0 amide bonds. The van der Waals surface area contributed by atoms with Crippen molar-refractivity contribution in [3.05, 3.63) is 89.5 Å². The monoisotopic (exact) mass is 305 g/mol. The molecule has 0 fully saturated rings. The Kier molecular flexibility index (Phi) is 4.65. The van der Waals surface area contributed by atoms with Gasteiger partial charge >= 0.3 is 7.12 Å². The third-order valence-electron chi connectivity index (χ3n) is 4.33. The third-order valence-corrected chi connectivity index (χ3v) is 4.33. The Morgan fingerprint density at radius 2 is 1.52 bits per heavy atom. The standard InChI is InChI=1S/C19H20BNO2/c1-21(17-10-6-3-7-11-17)19-13-12-16(20(22)23)14-18(19)15-8-4-2-5-9-15/h2-13,18,22-23H,14H2,1H3. The molecule has 0 aromatic heterocycles. The second-order valence-corrected chi connectivity index (χ2v) is 5.77. The van der Waals surface area contributed by atoms with Crippen LogP contribution in [0, 0.1) is 0 Å². The highest BCUT2D eigenvalue weighted by molar-refractivity contribution is 6.50. The van der Waals surface area contributed by atoms with Gasteiger partial charge in [0, 0.05) is 24.4 Å². The highest BCUT2D eigenvalue weighted by atomic mass is 16.4. The minimum absolute atomic E-state index is 0.100. The van der Waals surface area contributed by atoms with Crippen LogP contribution in [-0.4, -0.2) is 24.2 Å². The lowest BCUT2D eigenvalue weighted by atomic mass is 9.70. The van der Waals surface area contributed by atoms with Gasteiger partial charge in [0.1, 0.15) is 0 Å². The maximum atomic E-state index is 9.53. The fourth-order valence-electron chi connectivity index (χ4n) is 3.03. The SMILES string of the molecule is CN(C1=CC=C(B(O)O)CC1c1ccccc1)c1ccccc1. The van der Waals surface area contributed by atoms with E-state index < -0.39 is 7.12 Å².